The average Bonchev–Trinajstić information content (AvgIpc) is 2.42. The van der Waals surface area contributed by atoms with Gasteiger partial charge in [-0.3, -0.25) is 9.97 Å². The topological polar surface area (TPSA) is 63.1 Å². The largest absolute Gasteiger partial charge is 0.478 e. The molecule has 0 aliphatic carbocycles. The average molecular weight is 268 g/mol. The van der Waals surface area contributed by atoms with Crippen molar-refractivity contribution in [3.63, 3.8) is 0 Å². The fourth-order valence-corrected chi connectivity index (χ4v) is 2.06. The Morgan fingerprint density at radius 1 is 1.20 bits per heavy atom. The summed E-state index contributed by atoms with van der Waals surface area (Å²) in [4.78, 5) is 19.5. The molecule has 0 spiro atoms. The van der Waals surface area contributed by atoms with Gasteiger partial charge in [-0.25, -0.2) is 4.79 Å². The van der Waals surface area contributed by atoms with Gasteiger partial charge in [-0.1, -0.05) is 6.07 Å². The summed E-state index contributed by atoms with van der Waals surface area (Å²) in [6, 6.07) is 3.59. The zero-order chi connectivity index (χ0) is 14.7. The zero-order valence-corrected chi connectivity index (χ0v) is 11.7. The van der Waals surface area contributed by atoms with E-state index in [1.807, 2.05) is 26.0 Å². The second-order valence-corrected chi connectivity index (χ2v) is 4.75. The molecule has 0 atom stereocenters. The van der Waals surface area contributed by atoms with Crippen LogP contribution in [0.3, 0.4) is 0 Å². The minimum atomic E-state index is -0.908. The lowest BCUT2D eigenvalue weighted by Crippen LogP contribution is -2.01. The Morgan fingerprint density at radius 3 is 2.55 bits per heavy atom. The number of hydrogen-bond acceptors (Lipinski definition) is 3. The molecule has 0 saturated heterocycles. The third-order valence-corrected chi connectivity index (χ3v) is 3.18. The number of benzene rings is 1. The molecule has 2 rings (SSSR count). The SMILES string of the molecule is C/C(=C/c1cc(C(=O)O)c(C)cc1C)c1cnccn1. The second-order valence-electron chi connectivity index (χ2n) is 4.75. The highest BCUT2D eigenvalue weighted by Gasteiger charge is 2.10. The Balaban J connectivity index is 2.48. The van der Waals surface area contributed by atoms with E-state index in [9.17, 15) is 9.90 Å². The van der Waals surface area contributed by atoms with Crippen LogP contribution in [-0.2, 0) is 0 Å². The van der Waals surface area contributed by atoms with E-state index in [0.29, 0.717) is 5.56 Å². The summed E-state index contributed by atoms with van der Waals surface area (Å²) in [5, 5.41) is 9.19. The van der Waals surface area contributed by atoms with Crippen molar-refractivity contribution in [3.8, 4) is 0 Å². The Kier molecular flexibility index (Phi) is 3.94. The van der Waals surface area contributed by atoms with Crippen molar-refractivity contribution in [1.29, 1.82) is 0 Å². The molecule has 0 bridgehead atoms. The predicted octanol–water partition coefficient (Wildman–Crippen LogP) is 3.35. The molecule has 20 heavy (non-hydrogen) atoms. The number of hydrogen-bond donors (Lipinski definition) is 1. The number of aromatic carboxylic acids is 1. The van der Waals surface area contributed by atoms with Gasteiger partial charge in [0.2, 0.25) is 0 Å². The first-order valence-electron chi connectivity index (χ1n) is 6.28. The molecule has 102 valence electrons. The number of rotatable bonds is 3. The van der Waals surface area contributed by atoms with Crippen LogP contribution in [0.1, 0.15) is 39.7 Å². The van der Waals surface area contributed by atoms with Gasteiger partial charge < -0.3 is 5.11 Å². The second kappa shape index (κ2) is 5.65. The summed E-state index contributed by atoms with van der Waals surface area (Å²) in [6.45, 7) is 5.71. The molecule has 0 radical (unpaired) electrons. The molecule has 1 aromatic heterocycles. The van der Waals surface area contributed by atoms with E-state index in [2.05, 4.69) is 9.97 Å². The van der Waals surface area contributed by atoms with Crippen LogP contribution in [0.4, 0.5) is 0 Å². The number of carboxylic acids is 1. The van der Waals surface area contributed by atoms with E-state index in [4.69, 9.17) is 0 Å². The summed E-state index contributed by atoms with van der Waals surface area (Å²) in [5.41, 5.74) is 4.75. The molecule has 4 heteroatoms. The Bertz CT molecular complexity index is 676. The molecule has 0 amide bonds. The zero-order valence-electron chi connectivity index (χ0n) is 11.7. The van der Waals surface area contributed by atoms with Crippen LogP contribution in [0.2, 0.25) is 0 Å². The highest BCUT2D eigenvalue weighted by atomic mass is 16.4. The van der Waals surface area contributed by atoms with Crippen LogP contribution in [0.5, 0.6) is 0 Å². The molecule has 0 saturated carbocycles. The molecule has 0 unspecified atom stereocenters. The maximum atomic E-state index is 11.2. The number of allylic oxidation sites excluding steroid dienone is 1. The first-order valence-corrected chi connectivity index (χ1v) is 6.28. The van der Waals surface area contributed by atoms with E-state index >= 15 is 0 Å². The minimum absolute atomic E-state index is 0.328. The molecule has 2 aromatic rings. The number of aromatic nitrogens is 2. The molecule has 1 N–H and O–H groups in total. The Morgan fingerprint density at radius 2 is 1.95 bits per heavy atom. The fraction of sp³-hybridized carbons (Fsp3) is 0.188. The summed E-state index contributed by atoms with van der Waals surface area (Å²) in [6.07, 6.45) is 6.88. The Labute approximate surface area is 117 Å². The van der Waals surface area contributed by atoms with Crippen LogP contribution >= 0.6 is 0 Å². The van der Waals surface area contributed by atoms with E-state index in [-0.39, 0.29) is 0 Å². The molecule has 1 heterocycles. The van der Waals surface area contributed by atoms with E-state index in [1.54, 1.807) is 31.6 Å². The standard InChI is InChI=1S/C16H16N2O2/c1-10-6-11(2)14(16(19)20)8-13(10)7-12(3)15-9-17-4-5-18-15/h4-9H,1-3H3,(H,19,20)/b12-7-. The lowest BCUT2D eigenvalue weighted by molar-refractivity contribution is 0.0696. The van der Waals surface area contributed by atoms with Gasteiger partial charge in [-0.15, -0.1) is 0 Å². The van der Waals surface area contributed by atoms with Crippen LogP contribution in [0, 0.1) is 13.8 Å². The third kappa shape index (κ3) is 2.91. The number of carboxylic acid groups (broad SMARTS) is 1. The summed E-state index contributed by atoms with van der Waals surface area (Å²) in [7, 11) is 0. The van der Waals surface area contributed by atoms with Crippen LogP contribution in [0.25, 0.3) is 11.6 Å². The number of aryl methyl sites for hydroxylation is 2. The smallest absolute Gasteiger partial charge is 0.335 e. The maximum Gasteiger partial charge on any atom is 0.335 e. The number of nitrogens with zero attached hydrogens (tertiary/aromatic N) is 2. The molecule has 0 aliphatic heterocycles. The van der Waals surface area contributed by atoms with Gasteiger partial charge in [0.15, 0.2) is 0 Å². The predicted molar refractivity (Wildman–Crippen MR) is 78.5 cm³/mol. The molecule has 0 aliphatic rings. The highest BCUT2D eigenvalue weighted by molar-refractivity contribution is 5.91. The van der Waals surface area contributed by atoms with Gasteiger partial charge in [-0.05, 0) is 55.2 Å². The van der Waals surface area contributed by atoms with Crippen LogP contribution in [-0.4, -0.2) is 21.0 Å². The lowest BCUT2D eigenvalue weighted by Gasteiger charge is -2.08. The Hall–Kier alpha value is -2.49. The van der Waals surface area contributed by atoms with Crippen molar-refractivity contribution in [2.45, 2.75) is 20.8 Å². The molecule has 4 nitrogen and oxygen atoms in total. The first kappa shape index (κ1) is 13.9. The van der Waals surface area contributed by atoms with Gasteiger partial charge in [0, 0.05) is 12.4 Å². The number of carbonyl (C=O) groups is 1. The van der Waals surface area contributed by atoms with E-state index < -0.39 is 5.97 Å². The van der Waals surface area contributed by atoms with Crippen molar-refractivity contribution in [3.05, 3.63) is 58.7 Å². The lowest BCUT2D eigenvalue weighted by atomic mass is 9.98. The first-order chi connectivity index (χ1) is 9.49. The molecular weight excluding hydrogens is 252 g/mol. The van der Waals surface area contributed by atoms with Gasteiger partial charge in [0.05, 0.1) is 17.5 Å². The summed E-state index contributed by atoms with van der Waals surface area (Å²) in [5.74, 6) is -0.908. The molecular formula is C16H16N2O2. The normalized spacial score (nSPS) is 11.4. The highest BCUT2D eigenvalue weighted by Crippen LogP contribution is 2.21. The third-order valence-electron chi connectivity index (χ3n) is 3.18. The monoisotopic (exact) mass is 268 g/mol. The molecule has 1 aromatic carbocycles. The van der Waals surface area contributed by atoms with Crippen LogP contribution in [0.15, 0.2) is 30.7 Å². The van der Waals surface area contributed by atoms with Crippen molar-refractivity contribution in [1.82, 2.24) is 9.97 Å². The quantitative estimate of drug-likeness (QED) is 0.927. The van der Waals surface area contributed by atoms with E-state index in [0.717, 1.165) is 28.0 Å². The van der Waals surface area contributed by atoms with Gasteiger partial charge >= 0.3 is 5.97 Å². The van der Waals surface area contributed by atoms with Gasteiger partial charge in [-0.2, -0.15) is 0 Å². The van der Waals surface area contributed by atoms with E-state index in [1.165, 1.54) is 0 Å². The van der Waals surface area contributed by atoms with Crippen molar-refractivity contribution in [2.24, 2.45) is 0 Å². The van der Waals surface area contributed by atoms with Crippen molar-refractivity contribution >= 4 is 17.6 Å². The van der Waals surface area contributed by atoms with Crippen LogP contribution < -0.4 is 0 Å². The summed E-state index contributed by atoms with van der Waals surface area (Å²) >= 11 is 0. The van der Waals surface area contributed by atoms with Gasteiger partial charge in [0.1, 0.15) is 0 Å². The van der Waals surface area contributed by atoms with Gasteiger partial charge in [0.25, 0.3) is 0 Å². The summed E-state index contributed by atoms with van der Waals surface area (Å²) < 4.78 is 0. The van der Waals surface area contributed by atoms with Crippen molar-refractivity contribution < 1.29 is 9.90 Å². The molecule has 0 fully saturated rings. The van der Waals surface area contributed by atoms with Crippen molar-refractivity contribution in [2.75, 3.05) is 0 Å². The minimum Gasteiger partial charge on any atom is -0.478 e. The maximum absolute atomic E-state index is 11.2. The fourth-order valence-electron chi connectivity index (χ4n) is 2.06.